The van der Waals surface area contributed by atoms with Crippen LogP contribution in [0, 0.1) is 0 Å². The van der Waals surface area contributed by atoms with Gasteiger partial charge in [0, 0.05) is 44.5 Å². The van der Waals surface area contributed by atoms with Crippen LogP contribution in [-0.2, 0) is 0 Å². The van der Waals surface area contributed by atoms with Gasteiger partial charge in [-0.2, -0.15) is 0 Å². The summed E-state index contributed by atoms with van der Waals surface area (Å²) in [6, 6.07) is 66.5. The summed E-state index contributed by atoms with van der Waals surface area (Å²) in [7, 11) is 0. The summed E-state index contributed by atoms with van der Waals surface area (Å²) in [5.41, 5.74) is 18.0. The SMILES string of the molecule is c1ccc(-n2c3ccccc3c3cc(-c4ccc5c(c4)c4cc(-c6cc7c8c(ccnc8c6)-c6ccccc6-7)ccc4n5-c4ccccc4)ccc32)cc1. The molecule has 54 heavy (non-hydrogen) atoms. The van der Waals surface area contributed by atoms with Gasteiger partial charge in [0.1, 0.15) is 0 Å². The van der Waals surface area contributed by atoms with E-state index in [1.54, 1.807) is 0 Å². The van der Waals surface area contributed by atoms with Crippen molar-refractivity contribution in [2.24, 2.45) is 0 Å². The fourth-order valence-electron chi connectivity index (χ4n) is 9.09. The molecule has 3 heterocycles. The van der Waals surface area contributed by atoms with Crippen LogP contribution < -0.4 is 0 Å². The molecule has 0 N–H and O–H groups in total. The summed E-state index contributed by atoms with van der Waals surface area (Å²) in [5, 5.41) is 6.22. The van der Waals surface area contributed by atoms with Gasteiger partial charge in [-0.05, 0) is 129 Å². The quantitative estimate of drug-likeness (QED) is 0.181. The Bertz CT molecular complexity index is 3310. The van der Waals surface area contributed by atoms with Crippen molar-refractivity contribution in [3.05, 3.63) is 188 Å². The lowest BCUT2D eigenvalue weighted by molar-refractivity contribution is 1.18. The monoisotopic (exact) mass is 685 g/mol. The largest absolute Gasteiger partial charge is 0.309 e. The van der Waals surface area contributed by atoms with Gasteiger partial charge in [-0.3, -0.25) is 4.98 Å². The number of aromatic nitrogens is 3. The van der Waals surface area contributed by atoms with Crippen LogP contribution in [0.25, 0.3) is 110 Å². The molecule has 3 aromatic heterocycles. The third-order valence-electron chi connectivity index (χ3n) is 11.5. The van der Waals surface area contributed by atoms with E-state index in [9.17, 15) is 0 Å². The van der Waals surface area contributed by atoms with E-state index in [0.29, 0.717) is 0 Å². The molecule has 12 rings (SSSR count). The lowest BCUT2D eigenvalue weighted by atomic mass is 9.96. The summed E-state index contributed by atoms with van der Waals surface area (Å²) in [6.45, 7) is 0. The number of pyridine rings is 1. The van der Waals surface area contributed by atoms with Gasteiger partial charge in [0.05, 0.1) is 27.6 Å². The number of benzene rings is 8. The minimum Gasteiger partial charge on any atom is -0.309 e. The molecule has 0 atom stereocenters. The van der Waals surface area contributed by atoms with Gasteiger partial charge in [0.25, 0.3) is 0 Å². The fraction of sp³-hybridized carbons (Fsp3) is 0. The molecule has 0 fully saturated rings. The smallest absolute Gasteiger partial charge is 0.0720 e. The van der Waals surface area contributed by atoms with Crippen molar-refractivity contribution in [2.75, 3.05) is 0 Å². The molecule has 1 aliphatic carbocycles. The Kier molecular flexibility index (Phi) is 6.05. The van der Waals surface area contributed by atoms with Crippen LogP contribution >= 0.6 is 0 Å². The van der Waals surface area contributed by atoms with Crippen molar-refractivity contribution in [3.8, 4) is 55.9 Å². The zero-order valence-electron chi connectivity index (χ0n) is 29.2. The molecule has 0 saturated carbocycles. The number of fused-ring (bicyclic) bond motifs is 9. The van der Waals surface area contributed by atoms with Crippen molar-refractivity contribution in [2.45, 2.75) is 0 Å². The van der Waals surface area contributed by atoms with Gasteiger partial charge in [0.15, 0.2) is 0 Å². The molecule has 0 radical (unpaired) electrons. The van der Waals surface area contributed by atoms with E-state index < -0.39 is 0 Å². The Labute approximate surface area is 311 Å². The van der Waals surface area contributed by atoms with Gasteiger partial charge >= 0.3 is 0 Å². The maximum absolute atomic E-state index is 4.87. The molecular formula is C51H31N3. The molecule has 250 valence electrons. The Morgan fingerprint density at radius 2 is 0.796 bits per heavy atom. The topological polar surface area (TPSA) is 22.8 Å². The summed E-state index contributed by atoms with van der Waals surface area (Å²) in [5.74, 6) is 0. The van der Waals surface area contributed by atoms with Gasteiger partial charge < -0.3 is 9.13 Å². The van der Waals surface area contributed by atoms with Gasteiger partial charge in [-0.25, -0.2) is 0 Å². The Balaban J connectivity index is 1.07. The highest BCUT2D eigenvalue weighted by Gasteiger charge is 2.23. The van der Waals surface area contributed by atoms with Crippen molar-refractivity contribution >= 4 is 54.5 Å². The van der Waals surface area contributed by atoms with Gasteiger partial charge in [-0.15, -0.1) is 0 Å². The third kappa shape index (κ3) is 4.15. The van der Waals surface area contributed by atoms with Crippen LogP contribution in [0.2, 0.25) is 0 Å². The predicted octanol–water partition coefficient (Wildman–Crippen LogP) is 13.4. The zero-order valence-corrected chi connectivity index (χ0v) is 29.2. The van der Waals surface area contributed by atoms with Gasteiger partial charge in [-0.1, -0.05) is 97.1 Å². The molecule has 8 aromatic carbocycles. The molecule has 0 amide bonds. The first-order chi connectivity index (χ1) is 26.8. The Morgan fingerprint density at radius 1 is 0.315 bits per heavy atom. The van der Waals surface area contributed by atoms with Crippen molar-refractivity contribution in [1.29, 1.82) is 0 Å². The molecule has 1 aliphatic rings. The van der Waals surface area contributed by atoms with Crippen LogP contribution in [0.15, 0.2) is 188 Å². The van der Waals surface area contributed by atoms with E-state index in [2.05, 4.69) is 191 Å². The maximum Gasteiger partial charge on any atom is 0.0720 e. The van der Waals surface area contributed by atoms with Crippen LogP contribution in [0.3, 0.4) is 0 Å². The highest BCUT2D eigenvalue weighted by molar-refractivity contribution is 6.17. The number of hydrogen-bond donors (Lipinski definition) is 0. The zero-order chi connectivity index (χ0) is 35.3. The van der Waals surface area contributed by atoms with Crippen LogP contribution in [0.1, 0.15) is 0 Å². The molecule has 11 aromatic rings. The second-order valence-corrected chi connectivity index (χ2v) is 14.4. The highest BCUT2D eigenvalue weighted by Crippen LogP contribution is 2.48. The van der Waals surface area contributed by atoms with E-state index in [4.69, 9.17) is 4.98 Å². The molecule has 0 unspecified atom stereocenters. The van der Waals surface area contributed by atoms with Crippen LogP contribution in [0.4, 0.5) is 0 Å². The lowest BCUT2D eigenvalue weighted by Crippen LogP contribution is -1.93. The standard InChI is InChI=1S/C51H31N3/c1-3-11-36(12-4-1)53-47-18-10-9-17-40(47)42-27-32(19-22-48(42)53)33-20-23-49-43(28-33)44-29-34(21-24-50(44)54(49)37-13-5-2-6-14-37)35-30-45-39-16-8-7-15-38(39)41-25-26-52-46(31-35)51(41)45/h1-31H. The lowest BCUT2D eigenvalue weighted by Gasteiger charge is -2.10. The van der Waals surface area contributed by atoms with Crippen molar-refractivity contribution in [1.82, 2.24) is 14.1 Å². The predicted molar refractivity (Wildman–Crippen MR) is 226 cm³/mol. The molecular weight excluding hydrogens is 655 g/mol. The second kappa shape index (κ2) is 11.1. The van der Waals surface area contributed by atoms with E-state index >= 15 is 0 Å². The number of nitrogens with zero attached hydrogens (tertiary/aromatic N) is 3. The summed E-state index contributed by atoms with van der Waals surface area (Å²) in [6.07, 6.45) is 1.95. The molecule has 0 aliphatic heterocycles. The highest BCUT2D eigenvalue weighted by atomic mass is 15.0. The average Bonchev–Trinajstić information content (AvgIpc) is 3.87. The van der Waals surface area contributed by atoms with Crippen LogP contribution in [0.5, 0.6) is 0 Å². The van der Waals surface area contributed by atoms with E-state index in [0.717, 1.165) is 11.2 Å². The number of para-hydroxylation sites is 3. The van der Waals surface area contributed by atoms with Crippen molar-refractivity contribution in [3.63, 3.8) is 0 Å². The molecule has 0 saturated heterocycles. The molecule has 0 bridgehead atoms. The summed E-state index contributed by atoms with van der Waals surface area (Å²) >= 11 is 0. The van der Waals surface area contributed by atoms with E-state index in [1.165, 1.54) is 99.2 Å². The first-order valence-electron chi connectivity index (χ1n) is 18.5. The molecule has 0 spiro atoms. The van der Waals surface area contributed by atoms with Crippen LogP contribution in [-0.4, -0.2) is 14.1 Å². The first-order valence-corrected chi connectivity index (χ1v) is 18.5. The fourth-order valence-corrected chi connectivity index (χ4v) is 9.09. The minimum atomic E-state index is 1.04. The van der Waals surface area contributed by atoms with Crippen molar-refractivity contribution < 1.29 is 0 Å². The second-order valence-electron chi connectivity index (χ2n) is 14.4. The number of hydrogen-bond acceptors (Lipinski definition) is 1. The summed E-state index contributed by atoms with van der Waals surface area (Å²) in [4.78, 5) is 4.87. The maximum atomic E-state index is 4.87. The third-order valence-corrected chi connectivity index (χ3v) is 11.5. The number of rotatable bonds is 4. The summed E-state index contributed by atoms with van der Waals surface area (Å²) < 4.78 is 4.78. The average molecular weight is 686 g/mol. The first kappa shape index (κ1) is 29.4. The Morgan fingerprint density at radius 3 is 1.41 bits per heavy atom. The van der Waals surface area contributed by atoms with E-state index in [1.807, 2.05) is 6.20 Å². The molecule has 3 heteroatoms. The van der Waals surface area contributed by atoms with E-state index in [-0.39, 0.29) is 0 Å². The Hall–Kier alpha value is -7.23. The minimum absolute atomic E-state index is 1.04. The molecule has 3 nitrogen and oxygen atoms in total. The normalized spacial score (nSPS) is 12.1. The van der Waals surface area contributed by atoms with Gasteiger partial charge in [0.2, 0.25) is 0 Å².